The second-order valence-electron chi connectivity index (χ2n) is 8.27. The number of aromatic nitrogens is 3. The van der Waals surface area contributed by atoms with Gasteiger partial charge in [-0.25, -0.2) is 0 Å². The van der Waals surface area contributed by atoms with E-state index in [1.54, 1.807) is 18.2 Å². The second kappa shape index (κ2) is 11.3. The Morgan fingerprint density at radius 1 is 1.40 bits per heavy atom. The summed E-state index contributed by atoms with van der Waals surface area (Å²) in [5.41, 5.74) is 7.09. The van der Waals surface area contributed by atoms with Crippen LogP contribution in [0.25, 0.3) is 0 Å². The Morgan fingerprint density at radius 3 is 2.94 bits per heavy atom. The minimum absolute atomic E-state index is 0.0951. The summed E-state index contributed by atoms with van der Waals surface area (Å²) in [5, 5.41) is 12.9. The fourth-order valence-corrected chi connectivity index (χ4v) is 6.33. The van der Waals surface area contributed by atoms with Crippen molar-refractivity contribution >= 4 is 51.5 Å². The molecule has 3 aromatic rings. The molecule has 0 saturated heterocycles. The molecule has 2 heterocycles. The predicted octanol–water partition coefficient (Wildman–Crippen LogP) is 4.71. The van der Waals surface area contributed by atoms with E-state index in [2.05, 4.69) is 29.0 Å². The number of nitrogens with two attached hydrogens (primary N) is 1. The van der Waals surface area contributed by atoms with Crippen LogP contribution in [-0.4, -0.2) is 32.3 Å². The monoisotopic (exact) mass is 531 g/mol. The minimum atomic E-state index is -0.506. The summed E-state index contributed by atoms with van der Waals surface area (Å²) in [6, 6.07) is 7.19. The topological polar surface area (TPSA) is 112 Å². The highest BCUT2D eigenvalue weighted by Crippen LogP contribution is 2.39. The number of rotatable bonds is 10. The maximum atomic E-state index is 12.8. The van der Waals surface area contributed by atoms with Gasteiger partial charge >= 0.3 is 0 Å². The third kappa shape index (κ3) is 5.88. The highest BCUT2D eigenvalue weighted by molar-refractivity contribution is 7.99. The van der Waals surface area contributed by atoms with Gasteiger partial charge in [0, 0.05) is 11.4 Å². The van der Waals surface area contributed by atoms with E-state index >= 15 is 0 Å². The Labute approximate surface area is 216 Å². The molecule has 0 aliphatic heterocycles. The molecule has 3 N–H and O–H groups in total. The summed E-state index contributed by atoms with van der Waals surface area (Å²) in [5.74, 6) is 1.03. The molecule has 35 heavy (non-hydrogen) atoms. The van der Waals surface area contributed by atoms with Gasteiger partial charge in [0.25, 0.3) is 5.91 Å². The molecule has 8 nitrogen and oxygen atoms in total. The molecule has 0 saturated carbocycles. The number of allylic oxidation sites excluding steroid dienone is 1. The average molecular weight is 532 g/mol. The quantitative estimate of drug-likeness (QED) is 0.289. The number of hydrogen-bond donors (Lipinski definition) is 2. The Kier molecular flexibility index (Phi) is 8.15. The summed E-state index contributed by atoms with van der Waals surface area (Å²) in [6.07, 6.45) is 4.44. The molecule has 0 fully saturated rings. The van der Waals surface area contributed by atoms with Crippen molar-refractivity contribution in [2.75, 3.05) is 11.1 Å². The van der Waals surface area contributed by atoms with E-state index in [-0.39, 0.29) is 18.3 Å². The van der Waals surface area contributed by atoms with Gasteiger partial charge in [-0.2, -0.15) is 0 Å². The van der Waals surface area contributed by atoms with E-state index in [9.17, 15) is 9.59 Å². The van der Waals surface area contributed by atoms with Crippen LogP contribution in [0.3, 0.4) is 0 Å². The van der Waals surface area contributed by atoms with E-state index in [1.807, 2.05) is 16.7 Å². The number of thiophene rings is 1. The first-order valence-electron chi connectivity index (χ1n) is 11.1. The van der Waals surface area contributed by atoms with Crippen LogP contribution >= 0.6 is 34.7 Å². The molecule has 4 rings (SSSR count). The van der Waals surface area contributed by atoms with Gasteiger partial charge in [-0.15, -0.1) is 28.1 Å². The number of nitrogens with zero attached hydrogens (tertiary/aromatic N) is 3. The van der Waals surface area contributed by atoms with E-state index in [4.69, 9.17) is 22.1 Å². The lowest BCUT2D eigenvalue weighted by molar-refractivity contribution is -0.113. The lowest BCUT2D eigenvalue weighted by Gasteiger charge is -2.18. The Morgan fingerprint density at radius 2 is 2.20 bits per heavy atom. The molecule has 0 radical (unpaired) electrons. The largest absolute Gasteiger partial charge is 0.484 e. The lowest BCUT2D eigenvalue weighted by Crippen LogP contribution is -2.20. The molecule has 1 unspecified atom stereocenters. The predicted molar refractivity (Wildman–Crippen MR) is 139 cm³/mol. The number of benzene rings is 1. The summed E-state index contributed by atoms with van der Waals surface area (Å²) < 4.78 is 7.63. The van der Waals surface area contributed by atoms with Crippen molar-refractivity contribution in [1.29, 1.82) is 0 Å². The van der Waals surface area contributed by atoms with Crippen molar-refractivity contribution in [3.8, 4) is 5.75 Å². The second-order valence-corrected chi connectivity index (χ2v) is 10.7. The Hall–Kier alpha value is -2.82. The molecule has 2 amide bonds. The Bertz CT molecular complexity index is 1260. The number of halogens is 1. The number of fused-ring (bicyclic) bond motifs is 1. The summed E-state index contributed by atoms with van der Waals surface area (Å²) in [6.45, 7) is 6.61. The first-order chi connectivity index (χ1) is 16.9. The zero-order valence-electron chi connectivity index (χ0n) is 19.3. The number of anilines is 1. The smallest absolute Gasteiger partial charge is 0.251 e. The molecule has 1 atom stereocenters. The standard InChI is InChI=1S/C24H26ClN5O3S2/c1-3-10-30-19(12-33-17-7-5-4-6-16(17)25)28-29-24(30)34-13-20(31)27-23-21(22(26)32)15-9-8-14(2)11-18(15)35-23/h3-7,14H,1,8-13H2,2H3,(H2,26,32)(H,27,31). The molecular weight excluding hydrogens is 506 g/mol. The van der Waals surface area contributed by atoms with Crippen LogP contribution in [0.4, 0.5) is 5.00 Å². The van der Waals surface area contributed by atoms with Crippen LogP contribution < -0.4 is 15.8 Å². The molecule has 1 aromatic carbocycles. The van der Waals surface area contributed by atoms with Crippen LogP contribution in [0.1, 0.15) is 40.0 Å². The van der Waals surface area contributed by atoms with Crippen molar-refractivity contribution in [3.05, 3.63) is 63.8 Å². The molecule has 0 spiro atoms. The zero-order chi connectivity index (χ0) is 24.9. The minimum Gasteiger partial charge on any atom is -0.484 e. The molecular formula is C24H26ClN5O3S2. The fourth-order valence-electron chi connectivity index (χ4n) is 3.94. The van der Waals surface area contributed by atoms with Crippen molar-refractivity contribution in [2.24, 2.45) is 11.7 Å². The van der Waals surface area contributed by atoms with Gasteiger partial charge in [0.1, 0.15) is 17.4 Å². The Balaban J connectivity index is 1.42. The van der Waals surface area contributed by atoms with Gasteiger partial charge in [-0.3, -0.25) is 14.2 Å². The number of amides is 2. The van der Waals surface area contributed by atoms with Gasteiger partial charge in [0.15, 0.2) is 11.0 Å². The van der Waals surface area contributed by atoms with E-state index < -0.39 is 5.91 Å². The van der Waals surface area contributed by atoms with Crippen LogP contribution in [0.2, 0.25) is 5.02 Å². The molecule has 184 valence electrons. The highest BCUT2D eigenvalue weighted by atomic mass is 35.5. The summed E-state index contributed by atoms with van der Waals surface area (Å²) in [7, 11) is 0. The maximum Gasteiger partial charge on any atom is 0.251 e. The third-order valence-corrected chi connectivity index (χ3v) is 8.09. The normalized spacial score (nSPS) is 14.9. The number of carbonyl (C=O) groups excluding carboxylic acids is 2. The SMILES string of the molecule is C=CCn1c(COc2ccccc2Cl)nnc1SCC(=O)Nc1sc2c(c1C(N)=O)CCC(C)C2. The number of thioether (sulfide) groups is 1. The van der Waals surface area contributed by atoms with E-state index in [1.165, 1.54) is 23.1 Å². The zero-order valence-corrected chi connectivity index (χ0v) is 21.6. The molecule has 11 heteroatoms. The van der Waals surface area contributed by atoms with Gasteiger partial charge in [-0.1, -0.05) is 48.5 Å². The number of nitrogens with one attached hydrogen (secondary N) is 1. The first kappa shape index (κ1) is 25.3. The fraction of sp³-hybridized carbons (Fsp3) is 0.333. The van der Waals surface area contributed by atoms with Crippen molar-refractivity contribution in [2.45, 2.75) is 44.5 Å². The molecule has 2 aromatic heterocycles. The van der Waals surface area contributed by atoms with Crippen molar-refractivity contribution in [1.82, 2.24) is 14.8 Å². The average Bonchev–Trinajstić information content (AvgIpc) is 3.37. The molecule has 1 aliphatic rings. The van der Waals surface area contributed by atoms with E-state index in [0.717, 1.165) is 29.7 Å². The van der Waals surface area contributed by atoms with Crippen LogP contribution in [0.15, 0.2) is 42.1 Å². The number of hydrogen-bond acceptors (Lipinski definition) is 7. The summed E-state index contributed by atoms with van der Waals surface area (Å²) >= 11 is 8.85. The molecule has 1 aliphatic carbocycles. The van der Waals surface area contributed by atoms with Gasteiger partial charge < -0.3 is 15.8 Å². The molecule has 0 bridgehead atoms. The van der Waals surface area contributed by atoms with Gasteiger partial charge in [0.2, 0.25) is 5.91 Å². The van der Waals surface area contributed by atoms with Gasteiger partial charge in [-0.05, 0) is 42.9 Å². The summed E-state index contributed by atoms with van der Waals surface area (Å²) in [4.78, 5) is 26.0. The first-order valence-corrected chi connectivity index (χ1v) is 13.3. The number of primary amides is 1. The third-order valence-electron chi connectivity index (χ3n) is 5.64. The van der Waals surface area contributed by atoms with E-state index in [0.29, 0.717) is 44.8 Å². The van der Waals surface area contributed by atoms with Crippen LogP contribution in [-0.2, 0) is 30.8 Å². The van der Waals surface area contributed by atoms with Crippen LogP contribution in [0.5, 0.6) is 5.75 Å². The lowest BCUT2D eigenvalue weighted by atomic mass is 9.88. The van der Waals surface area contributed by atoms with Gasteiger partial charge in [0.05, 0.1) is 16.3 Å². The number of carbonyl (C=O) groups is 2. The maximum absolute atomic E-state index is 12.8. The van der Waals surface area contributed by atoms with Crippen molar-refractivity contribution < 1.29 is 14.3 Å². The van der Waals surface area contributed by atoms with Crippen LogP contribution in [0, 0.1) is 5.92 Å². The highest BCUT2D eigenvalue weighted by Gasteiger charge is 2.27. The number of ether oxygens (including phenoxy) is 1. The number of para-hydroxylation sites is 1. The van der Waals surface area contributed by atoms with Crippen molar-refractivity contribution in [3.63, 3.8) is 0 Å².